The van der Waals surface area contributed by atoms with Crippen LogP contribution in [0.25, 0.3) is 54.9 Å². The number of benzene rings is 9. The van der Waals surface area contributed by atoms with Crippen molar-refractivity contribution < 1.29 is 0 Å². The normalized spacial score (nSPS) is 13.2. The van der Waals surface area contributed by atoms with Crippen LogP contribution in [0.1, 0.15) is 22.3 Å². The molecule has 1 heteroatoms. The SMILES string of the molecule is c1ccc(N(c2ccc(-c3ccc4ccc5ccccc5c4c3)cc2)c2cccc3c2-c2ccccc2C32c3ccccc3-c3ccccc32)cc1. The van der Waals surface area contributed by atoms with Gasteiger partial charge in [-0.05, 0) is 108 Å². The van der Waals surface area contributed by atoms with Gasteiger partial charge in [0.15, 0.2) is 0 Å². The predicted molar refractivity (Wildman–Crippen MR) is 218 cm³/mol. The van der Waals surface area contributed by atoms with Crippen LogP contribution < -0.4 is 4.90 Å². The van der Waals surface area contributed by atoms with E-state index in [1.54, 1.807) is 0 Å². The predicted octanol–water partition coefficient (Wildman–Crippen LogP) is 13.5. The van der Waals surface area contributed by atoms with Crippen molar-refractivity contribution in [3.8, 4) is 33.4 Å². The molecule has 0 heterocycles. The third-order valence-electron chi connectivity index (χ3n) is 11.5. The summed E-state index contributed by atoms with van der Waals surface area (Å²) >= 11 is 0. The number of rotatable bonds is 4. The molecule has 2 aliphatic carbocycles. The molecule has 0 radical (unpaired) electrons. The molecule has 0 aromatic heterocycles. The zero-order valence-electron chi connectivity index (χ0n) is 28.5. The van der Waals surface area contributed by atoms with E-state index >= 15 is 0 Å². The van der Waals surface area contributed by atoms with Gasteiger partial charge in [-0.1, -0.05) is 164 Å². The Balaban J connectivity index is 1.11. The van der Waals surface area contributed by atoms with Crippen LogP contribution in [0.3, 0.4) is 0 Å². The minimum absolute atomic E-state index is 0.387. The van der Waals surface area contributed by atoms with Crippen LogP contribution in [0.2, 0.25) is 0 Å². The highest BCUT2D eigenvalue weighted by Crippen LogP contribution is 2.64. The van der Waals surface area contributed by atoms with Crippen LogP contribution in [0.5, 0.6) is 0 Å². The maximum atomic E-state index is 2.44. The molecule has 1 nitrogen and oxygen atoms in total. The van der Waals surface area contributed by atoms with Gasteiger partial charge in [-0.25, -0.2) is 0 Å². The molecule has 9 aromatic rings. The maximum absolute atomic E-state index is 2.44. The Morgan fingerprint density at radius 3 is 1.58 bits per heavy atom. The second-order valence-electron chi connectivity index (χ2n) is 14.0. The number of nitrogens with zero attached hydrogens (tertiary/aromatic N) is 1. The highest BCUT2D eigenvalue weighted by molar-refractivity contribution is 6.09. The van der Waals surface area contributed by atoms with E-state index in [1.807, 2.05) is 0 Å². The summed E-state index contributed by atoms with van der Waals surface area (Å²) in [6.07, 6.45) is 0. The van der Waals surface area contributed by atoms with Crippen molar-refractivity contribution in [3.63, 3.8) is 0 Å². The van der Waals surface area contributed by atoms with E-state index in [0.29, 0.717) is 0 Å². The van der Waals surface area contributed by atoms with E-state index in [2.05, 4.69) is 205 Å². The van der Waals surface area contributed by atoms with E-state index in [0.717, 1.165) is 11.4 Å². The van der Waals surface area contributed by atoms with Crippen molar-refractivity contribution in [1.82, 2.24) is 0 Å². The van der Waals surface area contributed by atoms with Gasteiger partial charge in [0, 0.05) is 16.9 Å². The Kier molecular flexibility index (Phi) is 6.23. The molecule has 0 aliphatic heterocycles. The standard InChI is InChI=1S/C51H33N/c1-2-14-38(15-3-1)52(39-31-29-34(30-32-39)37-28-27-36-26-25-35-13-4-5-16-40(35)44(36)33-37)49-24-12-23-48-50(49)43-19-8-11-22-47(43)51(48)45-20-9-6-17-41(45)42-18-7-10-21-46(42)51/h1-33H. The Morgan fingerprint density at radius 1 is 0.327 bits per heavy atom. The van der Waals surface area contributed by atoms with Crippen molar-refractivity contribution in [2.24, 2.45) is 0 Å². The Labute approximate surface area is 303 Å². The lowest BCUT2D eigenvalue weighted by Gasteiger charge is -2.31. The van der Waals surface area contributed by atoms with E-state index in [-0.39, 0.29) is 5.41 Å². The molecule has 1 spiro atoms. The molecular formula is C51H33N. The molecule has 0 atom stereocenters. The summed E-state index contributed by atoms with van der Waals surface area (Å²) in [6.45, 7) is 0. The van der Waals surface area contributed by atoms with Gasteiger partial charge in [-0.3, -0.25) is 0 Å². The molecule has 0 bridgehead atoms. The molecule has 0 unspecified atom stereocenters. The van der Waals surface area contributed by atoms with Crippen LogP contribution in [0.4, 0.5) is 17.1 Å². The fourth-order valence-corrected chi connectivity index (χ4v) is 9.30. The monoisotopic (exact) mass is 659 g/mol. The van der Waals surface area contributed by atoms with Crippen molar-refractivity contribution in [3.05, 3.63) is 222 Å². The Morgan fingerprint density at radius 2 is 0.846 bits per heavy atom. The van der Waals surface area contributed by atoms with Gasteiger partial charge in [0.1, 0.15) is 0 Å². The van der Waals surface area contributed by atoms with Gasteiger partial charge in [0.2, 0.25) is 0 Å². The van der Waals surface area contributed by atoms with E-state index in [4.69, 9.17) is 0 Å². The maximum Gasteiger partial charge on any atom is 0.0726 e. The minimum Gasteiger partial charge on any atom is -0.310 e. The molecule has 0 amide bonds. The van der Waals surface area contributed by atoms with Crippen LogP contribution in [0, 0.1) is 0 Å². The average molecular weight is 660 g/mol. The third-order valence-corrected chi connectivity index (χ3v) is 11.5. The van der Waals surface area contributed by atoms with Gasteiger partial charge >= 0.3 is 0 Å². The highest BCUT2D eigenvalue weighted by atomic mass is 15.1. The molecule has 11 rings (SSSR count). The molecule has 0 N–H and O–H groups in total. The van der Waals surface area contributed by atoms with Crippen LogP contribution in [0.15, 0.2) is 200 Å². The Hall–Kier alpha value is -6.70. The molecule has 2 aliphatic rings. The summed E-state index contributed by atoms with van der Waals surface area (Å²) in [7, 11) is 0. The molecule has 0 saturated carbocycles. The van der Waals surface area contributed by atoms with Gasteiger partial charge in [0.05, 0.1) is 11.1 Å². The van der Waals surface area contributed by atoms with E-state index < -0.39 is 0 Å². The summed E-state index contributed by atoms with van der Waals surface area (Å²) in [5, 5.41) is 5.10. The summed E-state index contributed by atoms with van der Waals surface area (Å²) < 4.78 is 0. The number of anilines is 3. The van der Waals surface area contributed by atoms with Crippen molar-refractivity contribution >= 4 is 38.6 Å². The first-order valence-corrected chi connectivity index (χ1v) is 18.1. The summed E-state index contributed by atoms with van der Waals surface area (Å²) in [6, 6.07) is 73.9. The van der Waals surface area contributed by atoms with E-state index in [1.165, 1.54) is 82.9 Å². The minimum atomic E-state index is -0.387. The lowest BCUT2D eigenvalue weighted by atomic mass is 9.70. The molecule has 242 valence electrons. The molecule has 9 aromatic carbocycles. The lowest BCUT2D eigenvalue weighted by Crippen LogP contribution is -2.26. The summed E-state index contributed by atoms with van der Waals surface area (Å²) in [5.41, 5.74) is 16.1. The summed E-state index contributed by atoms with van der Waals surface area (Å²) in [5.74, 6) is 0. The molecular weight excluding hydrogens is 627 g/mol. The van der Waals surface area contributed by atoms with Crippen molar-refractivity contribution in [2.75, 3.05) is 4.90 Å². The van der Waals surface area contributed by atoms with Crippen LogP contribution >= 0.6 is 0 Å². The van der Waals surface area contributed by atoms with Crippen LogP contribution in [-0.4, -0.2) is 0 Å². The first kappa shape index (κ1) is 29.1. The quantitative estimate of drug-likeness (QED) is 0.170. The first-order chi connectivity index (χ1) is 25.8. The largest absolute Gasteiger partial charge is 0.310 e. The molecule has 0 fully saturated rings. The fraction of sp³-hybridized carbons (Fsp3) is 0.0196. The molecule has 0 saturated heterocycles. The van der Waals surface area contributed by atoms with E-state index in [9.17, 15) is 0 Å². The topological polar surface area (TPSA) is 3.24 Å². The van der Waals surface area contributed by atoms with Crippen molar-refractivity contribution in [2.45, 2.75) is 5.41 Å². The van der Waals surface area contributed by atoms with Gasteiger partial charge in [-0.15, -0.1) is 0 Å². The number of para-hydroxylation sites is 1. The zero-order chi connectivity index (χ0) is 34.2. The molecule has 52 heavy (non-hydrogen) atoms. The third kappa shape index (κ3) is 3.99. The Bertz CT molecular complexity index is 2800. The smallest absolute Gasteiger partial charge is 0.0726 e. The number of fused-ring (bicyclic) bond motifs is 13. The van der Waals surface area contributed by atoms with Crippen LogP contribution in [-0.2, 0) is 5.41 Å². The van der Waals surface area contributed by atoms with Gasteiger partial charge < -0.3 is 4.90 Å². The lowest BCUT2D eigenvalue weighted by molar-refractivity contribution is 0.794. The summed E-state index contributed by atoms with van der Waals surface area (Å²) in [4.78, 5) is 2.44. The average Bonchev–Trinajstić information content (AvgIpc) is 3.69. The van der Waals surface area contributed by atoms with Gasteiger partial charge in [-0.2, -0.15) is 0 Å². The zero-order valence-corrected chi connectivity index (χ0v) is 28.5. The second kappa shape index (κ2) is 11.2. The van der Waals surface area contributed by atoms with Gasteiger partial charge in [0.25, 0.3) is 0 Å². The fourth-order valence-electron chi connectivity index (χ4n) is 9.30. The number of hydrogen-bond donors (Lipinski definition) is 0. The first-order valence-electron chi connectivity index (χ1n) is 18.1. The van der Waals surface area contributed by atoms with Crippen molar-refractivity contribution in [1.29, 1.82) is 0 Å². The number of hydrogen-bond acceptors (Lipinski definition) is 1. The second-order valence-corrected chi connectivity index (χ2v) is 14.0. The highest BCUT2D eigenvalue weighted by Gasteiger charge is 2.52.